The number of aliphatic carboxylic acids is 1. The zero-order chi connectivity index (χ0) is 14.7. The summed E-state index contributed by atoms with van der Waals surface area (Å²) in [6, 6.07) is -1.18. The number of carboxylic acid groups (broad SMARTS) is 1. The number of carbonyl (C=O) groups is 3. The van der Waals surface area contributed by atoms with Crippen molar-refractivity contribution in [1.82, 2.24) is 10.2 Å². The number of hydrogen-bond acceptors (Lipinski definition) is 3. The second-order valence-corrected chi connectivity index (χ2v) is 5.40. The minimum absolute atomic E-state index is 0.102. The fourth-order valence-corrected chi connectivity index (χ4v) is 2.24. The predicted molar refractivity (Wildman–Crippen MR) is 68.2 cm³/mol. The number of urea groups is 1. The van der Waals surface area contributed by atoms with Gasteiger partial charge in [0.05, 0.1) is 5.92 Å². The molecule has 3 atom stereocenters. The number of hydrogen-bond donors (Lipinski definition) is 3. The lowest BCUT2D eigenvalue weighted by Gasteiger charge is -2.23. The van der Waals surface area contributed by atoms with Crippen molar-refractivity contribution in [3.05, 3.63) is 0 Å². The van der Waals surface area contributed by atoms with E-state index in [0.717, 1.165) is 0 Å². The van der Waals surface area contributed by atoms with Gasteiger partial charge in [-0.05, 0) is 11.8 Å². The molecule has 1 aliphatic rings. The van der Waals surface area contributed by atoms with Gasteiger partial charge in [0, 0.05) is 13.1 Å². The van der Waals surface area contributed by atoms with Crippen LogP contribution in [0.1, 0.15) is 20.8 Å². The molecule has 0 aromatic heterocycles. The number of rotatable bonds is 4. The van der Waals surface area contributed by atoms with Crippen LogP contribution in [0, 0.1) is 17.8 Å². The first kappa shape index (κ1) is 15.3. The third kappa shape index (κ3) is 3.59. The number of primary amides is 1. The molecule has 4 N–H and O–H groups in total. The molecule has 19 heavy (non-hydrogen) atoms. The van der Waals surface area contributed by atoms with Gasteiger partial charge < -0.3 is 21.1 Å². The van der Waals surface area contributed by atoms with Crippen LogP contribution in [0.25, 0.3) is 0 Å². The van der Waals surface area contributed by atoms with Crippen molar-refractivity contribution in [2.75, 3.05) is 13.1 Å². The lowest BCUT2D eigenvalue weighted by Crippen LogP contribution is -2.51. The summed E-state index contributed by atoms with van der Waals surface area (Å²) in [6.07, 6.45) is 0. The summed E-state index contributed by atoms with van der Waals surface area (Å²) in [6.45, 7) is 5.88. The molecule has 3 unspecified atom stereocenters. The molecule has 0 aromatic carbocycles. The summed E-state index contributed by atoms with van der Waals surface area (Å²) in [4.78, 5) is 35.6. The minimum Gasteiger partial charge on any atom is -0.481 e. The zero-order valence-electron chi connectivity index (χ0n) is 11.4. The lowest BCUT2D eigenvalue weighted by molar-refractivity contribution is -0.142. The Morgan fingerprint density at radius 1 is 1.32 bits per heavy atom. The molecule has 7 heteroatoms. The van der Waals surface area contributed by atoms with Crippen LogP contribution in [0.5, 0.6) is 0 Å². The Morgan fingerprint density at radius 3 is 2.26 bits per heavy atom. The third-order valence-electron chi connectivity index (χ3n) is 3.47. The molecule has 1 heterocycles. The molecule has 1 aliphatic heterocycles. The monoisotopic (exact) mass is 271 g/mol. The summed E-state index contributed by atoms with van der Waals surface area (Å²) in [7, 11) is 0. The van der Waals surface area contributed by atoms with E-state index in [1.165, 1.54) is 4.90 Å². The Balaban J connectivity index is 2.65. The van der Waals surface area contributed by atoms with Gasteiger partial charge in [-0.3, -0.25) is 9.59 Å². The number of nitrogens with one attached hydrogen (secondary N) is 1. The Bertz CT molecular complexity index is 383. The Kier molecular flexibility index (Phi) is 4.74. The number of amides is 3. The van der Waals surface area contributed by atoms with E-state index in [0.29, 0.717) is 6.54 Å². The molecular formula is C12H21N3O4. The molecule has 0 aromatic rings. The van der Waals surface area contributed by atoms with Crippen LogP contribution in [0.2, 0.25) is 0 Å². The number of carbonyl (C=O) groups excluding carboxylic acids is 2. The summed E-state index contributed by atoms with van der Waals surface area (Å²) >= 11 is 0. The van der Waals surface area contributed by atoms with Crippen LogP contribution in [-0.2, 0) is 9.59 Å². The maximum atomic E-state index is 12.0. The molecule has 0 radical (unpaired) electrons. The maximum Gasteiger partial charge on any atom is 0.318 e. The van der Waals surface area contributed by atoms with Crippen LogP contribution in [0.4, 0.5) is 4.79 Å². The molecule has 0 aliphatic carbocycles. The average Bonchev–Trinajstić information content (AvgIpc) is 2.67. The van der Waals surface area contributed by atoms with Crippen molar-refractivity contribution in [2.45, 2.75) is 26.8 Å². The highest BCUT2D eigenvalue weighted by Gasteiger charge is 2.37. The van der Waals surface area contributed by atoms with Crippen LogP contribution in [0.3, 0.4) is 0 Å². The van der Waals surface area contributed by atoms with Crippen molar-refractivity contribution < 1.29 is 19.5 Å². The first-order chi connectivity index (χ1) is 8.73. The molecule has 108 valence electrons. The largest absolute Gasteiger partial charge is 0.481 e. The van der Waals surface area contributed by atoms with E-state index in [1.807, 2.05) is 0 Å². The van der Waals surface area contributed by atoms with Gasteiger partial charge in [-0.2, -0.15) is 0 Å². The Hall–Kier alpha value is -1.79. The SMILES string of the molecule is CC(C)C(NC(=O)N1CC(C)C(C(=O)O)C1)C(N)=O. The van der Waals surface area contributed by atoms with Gasteiger partial charge in [-0.1, -0.05) is 20.8 Å². The molecule has 7 nitrogen and oxygen atoms in total. The molecule has 0 bridgehead atoms. The lowest BCUT2D eigenvalue weighted by atomic mass is 9.99. The topological polar surface area (TPSA) is 113 Å². The first-order valence-corrected chi connectivity index (χ1v) is 6.31. The van der Waals surface area contributed by atoms with Gasteiger partial charge >= 0.3 is 12.0 Å². The molecule has 1 rings (SSSR count). The maximum absolute atomic E-state index is 12.0. The normalized spacial score (nSPS) is 24.3. The second-order valence-electron chi connectivity index (χ2n) is 5.40. The van der Waals surface area contributed by atoms with Gasteiger partial charge in [0.1, 0.15) is 6.04 Å². The van der Waals surface area contributed by atoms with Gasteiger partial charge in [0.2, 0.25) is 5.91 Å². The van der Waals surface area contributed by atoms with Crippen molar-refractivity contribution in [1.29, 1.82) is 0 Å². The van der Waals surface area contributed by atoms with E-state index in [-0.39, 0.29) is 18.4 Å². The summed E-state index contributed by atoms with van der Waals surface area (Å²) in [5, 5.41) is 11.6. The highest BCUT2D eigenvalue weighted by molar-refractivity contribution is 5.86. The zero-order valence-corrected chi connectivity index (χ0v) is 11.4. The van der Waals surface area contributed by atoms with Gasteiger partial charge in [0.15, 0.2) is 0 Å². The summed E-state index contributed by atoms with van der Waals surface area (Å²) < 4.78 is 0. The molecule has 0 spiro atoms. The second kappa shape index (κ2) is 5.90. The minimum atomic E-state index is -0.905. The van der Waals surface area contributed by atoms with Gasteiger partial charge in [0.25, 0.3) is 0 Å². The van der Waals surface area contributed by atoms with Crippen molar-refractivity contribution >= 4 is 17.9 Å². The Labute approximate surface area is 112 Å². The fraction of sp³-hybridized carbons (Fsp3) is 0.750. The van der Waals surface area contributed by atoms with E-state index in [2.05, 4.69) is 5.32 Å². The van der Waals surface area contributed by atoms with E-state index in [4.69, 9.17) is 10.8 Å². The first-order valence-electron chi connectivity index (χ1n) is 6.31. The Morgan fingerprint density at radius 2 is 1.89 bits per heavy atom. The predicted octanol–water partition coefficient (Wildman–Crippen LogP) is -0.142. The summed E-state index contributed by atoms with van der Waals surface area (Å²) in [5.41, 5.74) is 5.22. The third-order valence-corrected chi connectivity index (χ3v) is 3.47. The molecule has 1 fully saturated rings. The van der Waals surface area contributed by atoms with Crippen molar-refractivity contribution in [2.24, 2.45) is 23.5 Å². The molecule has 1 saturated heterocycles. The van der Waals surface area contributed by atoms with E-state index >= 15 is 0 Å². The van der Waals surface area contributed by atoms with Gasteiger partial charge in [-0.15, -0.1) is 0 Å². The van der Waals surface area contributed by atoms with Crippen LogP contribution in [0.15, 0.2) is 0 Å². The van der Waals surface area contributed by atoms with Gasteiger partial charge in [-0.25, -0.2) is 4.79 Å². The molecule has 3 amide bonds. The van der Waals surface area contributed by atoms with Crippen molar-refractivity contribution in [3.8, 4) is 0 Å². The van der Waals surface area contributed by atoms with E-state index < -0.39 is 29.9 Å². The molecular weight excluding hydrogens is 250 g/mol. The smallest absolute Gasteiger partial charge is 0.318 e. The standard InChI is InChI=1S/C12H21N3O4/c1-6(2)9(10(13)16)14-12(19)15-4-7(3)8(5-15)11(17)18/h6-9H,4-5H2,1-3H3,(H2,13,16)(H,14,19)(H,17,18). The number of carboxylic acids is 1. The number of nitrogens with two attached hydrogens (primary N) is 1. The highest BCUT2D eigenvalue weighted by atomic mass is 16.4. The van der Waals surface area contributed by atoms with E-state index in [9.17, 15) is 14.4 Å². The van der Waals surface area contributed by atoms with Crippen LogP contribution >= 0.6 is 0 Å². The van der Waals surface area contributed by atoms with E-state index in [1.54, 1.807) is 20.8 Å². The number of likely N-dealkylation sites (tertiary alicyclic amines) is 1. The highest BCUT2D eigenvalue weighted by Crippen LogP contribution is 2.23. The van der Waals surface area contributed by atoms with Crippen LogP contribution < -0.4 is 11.1 Å². The van der Waals surface area contributed by atoms with Crippen molar-refractivity contribution in [3.63, 3.8) is 0 Å². The van der Waals surface area contributed by atoms with Crippen LogP contribution in [-0.4, -0.2) is 47.0 Å². The number of nitrogens with zero attached hydrogens (tertiary/aromatic N) is 1. The average molecular weight is 271 g/mol. The molecule has 0 saturated carbocycles. The quantitative estimate of drug-likeness (QED) is 0.660. The fourth-order valence-electron chi connectivity index (χ4n) is 2.24. The summed E-state index contributed by atoms with van der Waals surface area (Å²) in [5.74, 6) is -2.27.